The van der Waals surface area contributed by atoms with Gasteiger partial charge < -0.3 is 4.90 Å². The number of rotatable bonds is 5. The van der Waals surface area contributed by atoms with Crippen molar-refractivity contribution in [2.24, 2.45) is 5.92 Å². The van der Waals surface area contributed by atoms with Crippen molar-refractivity contribution in [3.05, 3.63) is 29.3 Å². The number of benzene rings is 1. The molecule has 0 saturated carbocycles. The number of hydrogen-bond donors (Lipinski definition) is 0. The van der Waals surface area contributed by atoms with Crippen molar-refractivity contribution < 1.29 is 22.0 Å². The van der Waals surface area contributed by atoms with Gasteiger partial charge in [-0.3, -0.25) is 4.79 Å². The topological polar surface area (TPSA) is 54.5 Å². The van der Waals surface area contributed by atoms with Crippen molar-refractivity contribution in [2.75, 3.05) is 13.6 Å². The summed E-state index contributed by atoms with van der Waals surface area (Å²) >= 11 is 0. The maximum absolute atomic E-state index is 14.1. The van der Waals surface area contributed by atoms with Crippen molar-refractivity contribution in [3.8, 4) is 0 Å². The van der Waals surface area contributed by atoms with E-state index in [-0.39, 0.29) is 0 Å². The van der Waals surface area contributed by atoms with Gasteiger partial charge in [-0.25, -0.2) is 17.2 Å². The van der Waals surface area contributed by atoms with Gasteiger partial charge in [-0.05, 0) is 24.5 Å². The average Bonchev–Trinajstić information content (AvgIpc) is 2.33. The molecule has 0 aliphatic heterocycles. The molecular weight excluding hydrogens is 324 g/mol. The van der Waals surface area contributed by atoms with Gasteiger partial charge in [0.1, 0.15) is 16.3 Å². The molecule has 0 aliphatic carbocycles. The summed E-state index contributed by atoms with van der Waals surface area (Å²) < 4.78 is 50.2. The van der Waals surface area contributed by atoms with Crippen LogP contribution in [-0.2, 0) is 9.05 Å². The molecule has 1 aromatic rings. The van der Waals surface area contributed by atoms with Crippen LogP contribution in [-0.4, -0.2) is 32.8 Å². The molecule has 4 nitrogen and oxygen atoms in total. The van der Waals surface area contributed by atoms with Crippen molar-refractivity contribution in [3.63, 3.8) is 0 Å². The van der Waals surface area contributed by atoms with Gasteiger partial charge in [0, 0.05) is 24.3 Å². The normalized spacial score (nSPS) is 11.8. The Balaban J connectivity index is 3.21. The molecular formula is C13H16ClF2NO3S. The van der Waals surface area contributed by atoms with E-state index in [2.05, 4.69) is 0 Å². The minimum Gasteiger partial charge on any atom is -0.342 e. The highest BCUT2D eigenvalue weighted by molar-refractivity contribution is 8.13. The number of hydrogen-bond acceptors (Lipinski definition) is 3. The van der Waals surface area contributed by atoms with Crippen LogP contribution in [0.4, 0.5) is 8.78 Å². The molecule has 1 aromatic carbocycles. The third-order valence-electron chi connectivity index (χ3n) is 2.92. The first-order chi connectivity index (χ1) is 9.55. The minimum absolute atomic E-state index is 0.299. The van der Waals surface area contributed by atoms with E-state index in [1.54, 1.807) is 0 Å². The molecule has 0 atom stereocenters. The van der Waals surface area contributed by atoms with E-state index >= 15 is 0 Å². The van der Waals surface area contributed by atoms with Gasteiger partial charge in [-0.2, -0.15) is 0 Å². The number of nitrogens with zero attached hydrogens (tertiary/aromatic N) is 1. The van der Waals surface area contributed by atoms with Gasteiger partial charge in [0.15, 0.2) is 5.82 Å². The van der Waals surface area contributed by atoms with Crippen LogP contribution >= 0.6 is 10.7 Å². The van der Waals surface area contributed by atoms with Crippen molar-refractivity contribution >= 4 is 25.6 Å². The fourth-order valence-electron chi connectivity index (χ4n) is 1.66. The first-order valence-corrected chi connectivity index (χ1v) is 8.54. The molecule has 0 fully saturated rings. The summed E-state index contributed by atoms with van der Waals surface area (Å²) in [5, 5.41) is 0. The van der Waals surface area contributed by atoms with Crippen LogP contribution in [0.1, 0.15) is 30.6 Å². The lowest BCUT2D eigenvalue weighted by Crippen LogP contribution is -2.30. The van der Waals surface area contributed by atoms with Gasteiger partial charge in [-0.15, -0.1) is 0 Å². The van der Waals surface area contributed by atoms with Crippen LogP contribution in [0, 0.1) is 17.6 Å². The summed E-state index contributed by atoms with van der Waals surface area (Å²) in [6.07, 6.45) is 0.652. The average molecular weight is 340 g/mol. The van der Waals surface area contributed by atoms with Crippen molar-refractivity contribution in [1.82, 2.24) is 4.90 Å². The molecule has 118 valence electrons. The zero-order chi connectivity index (χ0) is 16.4. The zero-order valence-electron chi connectivity index (χ0n) is 11.9. The second kappa shape index (κ2) is 6.70. The molecule has 0 heterocycles. The third-order valence-corrected chi connectivity index (χ3v) is 4.26. The molecule has 0 bridgehead atoms. The number of halogens is 3. The molecule has 0 unspecified atom stereocenters. The molecule has 21 heavy (non-hydrogen) atoms. The van der Waals surface area contributed by atoms with Gasteiger partial charge in [-0.1, -0.05) is 13.8 Å². The Morgan fingerprint density at radius 1 is 1.33 bits per heavy atom. The van der Waals surface area contributed by atoms with E-state index in [1.807, 2.05) is 13.8 Å². The Labute approximate surface area is 127 Å². The van der Waals surface area contributed by atoms with Crippen LogP contribution in [0.15, 0.2) is 17.0 Å². The first-order valence-electron chi connectivity index (χ1n) is 6.23. The first kappa shape index (κ1) is 17.8. The lowest BCUT2D eigenvalue weighted by atomic mass is 10.1. The van der Waals surface area contributed by atoms with Gasteiger partial charge in [0.2, 0.25) is 0 Å². The lowest BCUT2D eigenvalue weighted by Gasteiger charge is -2.19. The Kier molecular flexibility index (Phi) is 5.69. The highest BCUT2D eigenvalue weighted by Crippen LogP contribution is 2.25. The predicted octanol–water partition coefficient (Wildman–Crippen LogP) is 3.01. The van der Waals surface area contributed by atoms with Crippen LogP contribution in [0.5, 0.6) is 0 Å². The van der Waals surface area contributed by atoms with Crippen LogP contribution < -0.4 is 0 Å². The standard InChI is InChI=1S/C13H16ClF2NO3S/c1-8(2)6-7-17(3)13(18)11-9(15)4-5-10(12(11)16)21(14,19)20/h4-5,8H,6-7H2,1-3H3. The van der Waals surface area contributed by atoms with Gasteiger partial charge in [0.25, 0.3) is 15.0 Å². The summed E-state index contributed by atoms with van der Waals surface area (Å²) in [5.41, 5.74) is -0.914. The van der Waals surface area contributed by atoms with E-state index in [9.17, 15) is 22.0 Å². The SMILES string of the molecule is CC(C)CCN(C)C(=O)c1c(F)ccc(S(=O)(=O)Cl)c1F. The van der Waals surface area contributed by atoms with Crippen LogP contribution in [0.3, 0.4) is 0 Å². The zero-order valence-corrected chi connectivity index (χ0v) is 13.4. The number of carbonyl (C=O) groups excluding carboxylic acids is 1. The van der Waals surface area contributed by atoms with Crippen molar-refractivity contribution in [1.29, 1.82) is 0 Å². The number of amides is 1. The Bertz CT molecular complexity index is 647. The molecule has 8 heteroatoms. The summed E-state index contributed by atoms with van der Waals surface area (Å²) in [6, 6.07) is 1.40. The van der Waals surface area contributed by atoms with E-state index in [4.69, 9.17) is 10.7 Å². The summed E-state index contributed by atoms with van der Waals surface area (Å²) in [5.74, 6) is -3.21. The maximum atomic E-state index is 14.1. The lowest BCUT2D eigenvalue weighted by molar-refractivity contribution is 0.0778. The third kappa shape index (κ3) is 4.38. The second-order valence-electron chi connectivity index (χ2n) is 5.08. The maximum Gasteiger partial charge on any atom is 0.264 e. The summed E-state index contributed by atoms with van der Waals surface area (Å²) in [4.78, 5) is 12.3. The molecule has 0 spiro atoms. The van der Waals surface area contributed by atoms with Crippen molar-refractivity contribution in [2.45, 2.75) is 25.2 Å². The monoisotopic (exact) mass is 339 g/mol. The Morgan fingerprint density at radius 3 is 2.38 bits per heavy atom. The Morgan fingerprint density at radius 2 is 1.90 bits per heavy atom. The minimum atomic E-state index is -4.40. The van der Waals surface area contributed by atoms with Crippen LogP contribution in [0.2, 0.25) is 0 Å². The molecule has 0 N–H and O–H groups in total. The smallest absolute Gasteiger partial charge is 0.264 e. The number of carbonyl (C=O) groups is 1. The van der Waals surface area contributed by atoms with Gasteiger partial charge >= 0.3 is 0 Å². The fraction of sp³-hybridized carbons (Fsp3) is 0.462. The van der Waals surface area contributed by atoms with Crippen LogP contribution in [0.25, 0.3) is 0 Å². The van der Waals surface area contributed by atoms with E-state index in [1.165, 1.54) is 7.05 Å². The molecule has 1 rings (SSSR count). The van der Waals surface area contributed by atoms with E-state index in [0.29, 0.717) is 31.0 Å². The highest BCUT2D eigenvalue weighted by Gasteiger charge is 2.27. The second-order valence-corrected chi connectivity index (χ2v) is 7.62. The molecule has 0 saturated heterocycles. The summed E-state index contributed by atoms with van der Waals surface area (Å²) in [7, 11) is 2.06. The van der Waals surface area contributed by atoms with E-state index < -0.39 is 37.1 Å². The largest absolute Gasteiger partial charge is 0.342 e. The highest BCUT2D eigenvalue weighted by atomic mass is 35.7. The quantitative estimate of drug-likeness (QED) is 0.775. The molecule has 0 aliphatic rings. The summed E-state index contributed by atoms with van der Waals surface area (Å²) in [6.45, 7) is 4.19. The van der Waals surface area contributed by atoms with E-state index in [0.717, 1.165) is 4.90 Å². The molecule has 0 aromatic heterocycles. The fourth-order valence-corrected chi connectivity index (χ4v) is 2.57. The molecule has 1 amide bonds. The molecule has 0 radical (unpaired) electrons. The van der Waals surface area contributed by atoms with Gasteiger partial charge in [0.05, 0.1) is 0 Å². The Hall–Kier alpha value is -1.21. The predicted molar refractivity (Wildman–Crippen MR) is 75.8 cm³/mol.